The minimum absolute atomic E-state index is 0.0454. The molecule has 2 atom stereocenters. The molecule has 2 unspecified atom stereocenters. The molecule has 4 aliphatic rings. The fraction of sp³-hybridized carbons (Fsp3) is 0.364. The number of fused-ring (bicyclic) bond motifs is 2. The van der Waals surface area contributed by atoms with Gasteiger partial charge in [-0.1, -0.05) is 24.3 Å². The second kappa shape index (κ2) is 17.1. The maximum atomic E-state index is 14.1. The Kier molecular flexibility index (Phi) is 11.1. The minimum Gasteiger partial charge on any atom is -0.384 e. The van der Waals surface area contributed by atoms with Crippen molar-refractivity contribution in [1.29, 1.82) is 0 Å². The number of amides is 5. The average Bonchev–Trinajstić information content (AvgIpc) is 3.99. The first kappa shape index (κ1) is 39.7. The van der Waals surface area contributed by atoms with Crippen molar-refractivity contribution in [3.63, 3.8) is 0 Å². The molecule has 61 heavy (non-hydrogen) atoms. The molecule has 3 fully saturated rings. The molecule has 314 valence electrons. The lowest BCUT2D eigenvalue weighted by Gasteiger charge is -2.35. The molecule has 0 spiro atoms. The second-order valence-electron chi connectivity index (χ2n) is 15.8. The van der Waals surface area contributed by atoms with Crippen LogP contribution in [0.1, 0.15) is 70.8 Å². The Morgan fingerprint density at radius 1 is 0.836 bits per heavy atom. The van der Waals surface area contributed by atoms with E-state index in [1.807, 2.05) is 40.9 Å². The van der Waals surface area contributed by atoms with E-state index in [0.29, 0.717) is 70.0 Å². The maximum absolute atomic E-state index is 14.1. The van der Waals surface area contributed by atoms with Crippen molar-refractivity contribution < 1.29 is 28.4 Å². The van der Waals surface area contributed by atoms with Crippen molar-refractivity contribution in [3.05, 3.63) is 102 Å². The normalized spacial score (nSPS) is 19.5. The van der Waals surface area contributed by atoms with E-state index in [4.69, 9.17) is 10.1 Å². The van der Waals surface area contributed by atoms with Gasteiger partial charge in [0.05, 0.1) is 35.6 Å². The van der Waals surface area contributed by atoms with E-state index in [-0.39, 0.29) is 41.7 Å². The summed E-state index contributed by atoms with van der Waals surface area (Å²) in [6, 6.07) is 20.7. The number of carbonyl (C=O) groups excluding carboxylic acids is 5. The number of hydrogen-bond donors (Lipinski definition) is 3. The molecule has 9 rings (SSSR count). The lowest BCUT2D eigenvalue weighted by Crippen LogP contribution is -2.54. The van der Waals surface area contributed by atoms with Crippen molar-refractivity contribution in [2.45, 2.75) is 50.6 Å². The van der Waals surface area contributed by atoms with Gasteiger partial charge in [0.2, 0.25) is 17.7 Å². The van der Waals surface area contributed by atoms with E-state index in [2.05, 4.69) is 35.6 Å². The molecule has 5 amide bonds. The van der Waals surface area contributed by atoms with E-state index in [0.717, 1.165) is 52.9 Å². The minimum atomic E-state index is -1.02. The number of aromatic nitrogens is 4. The third kappa shape index (κ3) is 8.12. The molecule has 7 heterocycles. The largest absolute Gasteiger partial charge is 0.384 e. The number of pyridine rings is 1. The Bertz CT molecular complexity index is 2520. The van der Waals surface area contributed by atoms with Gasteiger partial charge >= 0.3 is 0 Å². The molecule has 16 nitrogen and oxygen atoms in total. The highest BCUT2D eigenvalue weighted by Gasteiger charge is 2.45. The molecule has 2 aromatic carbocycles. The number of piperazine rings is 1. The van der Waals surface area contributed by atoms with Crippen LogP contribution in [0.3, 0.4) is 0 Å². The summed E-state index contributed by atoms with van der Waals surface area (Å²) in [6.07, 6.45) is 5.27. The predicted octanol–water partition coefficient (Wildman–Crippen LogP) is 3.80. The number of nitrogens with one attached hydrogen (secondary N) is 3. The summed E-state index contributed by atoms with van der Waals surface area (Å²) < 4.78 is 15.9. The highest BCUT2D eigenvalue weighted by molar-refractivity contribution is 6.25. The first-order valence-electron chi connectivity index (χ1n) is 20.9. The van der Waals surface area contributed by atoms with E-state index in [1.165, 1.54) is 6.07 Å². The number of rotatable bonds is 13. The van der Waals surface area contributed by atoms with Crippen LogP contribution in [0, 0.1) is 5.82 Å². The third-order valence-corrected chi connectivity index (χ3v) is 11.9. The van der Waals surface area contributed by atoms with Gasteiger partial charge in [-0.2, -0.15) is 0 Å². The highest BCUT2D eigenvalue weighted by atomic mass is 19.1. The fourth-order valence-electron chi connectivity index (χ4n) is 8.79. The van der Waals surface area contributed by atoms with Crippen LogP contribution in [0.15, 0.2) is 79.0 Å². The first-order chi connectivity index (χ1) is 29.7. The molecule has 3 N–H and O–H groups in total. The number of imidazole rings is 1. The summed E-state index contributed by atoms with van der Waals surface area (Å²) in [4.78, 5) is 80.5. The Morgan fingerprint density at radius 3 is 2.49 bits per heavy atom. The molecule has 0 radical (unpaired) electrons. The summed E-state index contributed by atoms with van der Waals surface area (Å²) in [5.74, 6) is -0.798. The number of carbonyl (C=O) groups is 5. The summed E-state index contributed by atoms with van der Waals surface area (Å²) >= 11 is 0. The van der Waals surface area contributed by atoms with Crippen LogP contribution >= 0.6 is 0 Å². The zero-order chi connectivity index (χ0) is 42.0. The molecule has 17 heteroatoms. The van der Waals surface area contributed by atoms with Crippen LogP contribution in [-0.2, 0) is 14.4 Å². The van der Waals surface area contributed by atoms with Gasteiger partial charge < -0.3 is 20.4 Å². The van der Waals surface area contributed by atoms with Gasteiger partial charge in [-0.15, -0.1) is 5.10 Å². The molecule has 0 aliphatic carbocycles. The molecule has 4 aliphatic heterocycles. The van der Waals surface area contributed by atoms with Gasteiger partial charge in [0.15, 0.2) is 5.65 Å². The van der Waals surface area contributed by atoms with E-state index >= 15 is 0 Å². The van der Waals surface area contributed by atoms with Crippen molar-refractivity contribution in [2.75, 3.05) is 67.5 Å². The summed E-state index contributed by atoms with van der Waals surface area (Å²) in [6.45, 7) is 4.96. The number of unbranched alkanes of at least 4 members (excludes halogenated alkanes) is 1. The molecular weight excluding hydrogens is 782 g/mol. The number of halogens is 1. The van der Waals surface area contributed by atoms with Crippen LogP contribution in [0.4, 0.5) is 21.7 Å². The monoisotopic (exact) mass is 827 g/mol. The standard InChI is InChI=1S/C44H46FN11O5/c45-29-8-3-7-28(25-29)33-12-6-20-54(33)38-16-15-36-48-26-35(56(36)51-38)31-10-5-13-37(49-31)53-23-21-52(22-24-53)27-40(58)47-19-2-1-18-46-32-11-4-9-30-41(32)44(61)55(43(30)60)34-14-17-39(57)50-42(34)59/h3-5,7-11,13,15-16,25-26,33-34,46H,1-2,6,12,14,17-24,27H2,(H,47,58)(H,50,57,59). The number of piperidine rings is 1. The first-order valence-corrected chi connectivity index (χ1v) is 20.9. The number of imide groups is 2. The van der Waals surface area contributed by atoms with Crippen molar-refractivity contribution >= 4 is 52.5 Å². The Balaban J connectivity index is 0.733. The zero-order valence-corrected chi connectivity index (χ0v) is 33.6. The smallest absolute Gasteiger partial charge is 0.264 e. The van der Waals surface area contributed by atoms with Gasteiger partial charge in [0.1, 0.15) is 29.2 Å². The zero-order valence-electron chi connectivity index (χ0n) is 33.6. The van der Waals surface area contributed by atoms with Crippen LogP contribution in [0.5, 0.6) is 0 Å². The van der Waals surface area contributed by atoms with Gasteiger partial charge in [0.25, 0.3) is 11.8 Å². The summed E-state index contributed by atoms with van der Waals surface area (Å²) in [5.41, 5.74) is 4.14. The highest BCUT2D eigenvalue weighted by Crippen LogP contribution is 2.36. The maximum Gasteiger partial charge on any atom is 0.264 e. The van der Waals surface area contributed by atoms with E-state index < -0.39 is 29.7 Å². The average molecular weight is 828 g/mol. The Hall–Kier alpha value is -6.75. The lowest BCUT2D eigenvalue weighted by atomic mass is 10.0. The molecular formula is C44H46FN11O5. The summed E-state index contributed by atoms with van der Waals surface area (Å²) in [5, 5.41) is 13.5. The molecule has 3 saturated heterocycles. The van der Waals surface area contributed by atoms with Crippen molar-refractivity contribution in [2.24, 2.45) is 0 Å². The van der Waals surface area contributed by atoms with Crippen molar-refractivity contribution in [1.82, 2.24) is 40.0 Å². The van der Waals surface area contributed by atoms with Crippen molar-refractivity contribution in [3.8, 4) is 11.4 Å². The predicted molar refractivity (Wildman–Crippen MR) is 224 cm³/mol. The summed E-state index contributed by atoms with van der Waals surface area (Å²) in [7, 11) is 0. The number of hydrogen-bond acceptors (Lipinski definition) is 12. The molecule has 0 saturated carbocycles. The molecule has 5 aromatic rings. The SMILES string of the molecule is O=C(CN1CCN(c2cccc(-c3cnc4ccc(N5CCCC5c5cccc(F)c5)nn34)n2)CC1)NCCCCNc1cccc2c1C(=O)N(C1CCC(=O)NC1=O)C2=O. The van der Waals surface area contributed by atoms with Crippen LogP contribution in [0.2, 0.25) is 0 Å². The van der Waals surface area contributed by atoms with Gasteiger partial charge in [0, 0.05) is 57.9 Å². The lowest BCUT2D eigenvalue weighted by molar-refractivity contribution is -0.136. The molecule has 3 aromatic heterocycles. The second-order valence-corrected chi connectivity index (χ2v) is 15.8. The van der Waals surface area contributed by atoms with Gasteiger partial charge in [-0.05, 0) is 86.2 Å². The van der Waals surface area contributed by atoms with Crippen LogP contribution < -0.4 is 25.8 Å². The Morgan fingerprint density at radius 2 is 1.66 bits per heavy atom. The van der Waals surface area contributed by atoms with E-state index in [9.17, 15) is 28.4 Å². The van der Waals surface area contributed by atoms with Gasteiger partial charge in [-0.25, -0.2) is 18.9 Å². The third-order valence-electron chi connectivity index (χ3n) is 11.9. The fourth-order valence-corrected chi connectivity index (χ4v) is 8.79. The number of benzene rings is 2. The van der Waals surface area contributed by atoms with Crippen LogP contribution in [0.25, 0.3) is 17.0 Å². The number of nitrogens with zero attached hydrogens (tertiary/aromatic N) is 8. The number of anilines is 3. The Labute approximate surface area is 351 Å². The quantitative estimate of drug-likeness (QED) is 0.116. The molecule has 0 bridgehead atoms. The van der Waals surface area contributed by atoms with E-state index in [1.54, 1.807) is 36.5 Å². The topological polar surface area (TPSA) is 177 Å². The van der Waals surface area contributed by atoms with Gasteiger partial charge in [-0.3, -0.25) is 39.1 Å². The van der Waals surface area contributed by atoms with Crippen LogP contribution in [-0.4, -0.2) is 117 Å².